The van der Waals surface area contributed by atoms with Crippen LogP contribution in [0.15, 0.2) is 12.1 Å². The average Bonchev–Trinajstić information content (AvgIpc) is 2.83. The van der Waals surface area contributed by atoms with Gasteiger partial charge in [-0.25, -0.2) is 8.42 Å². The van der Waals surface area contributed by atoms with Crippen LogP contribution in [0.4, 0.5) is 5.69 Å². The van der Waals surface area contributed by atoms with Crippen LogP contribution in [0.25, 0.3) is 0 Å². The minimum atomic E-state index is -3.76. The summed E-state index contributed by atoms with van der Waals surface area (Å²) in [5, 5.41) is 17.0. The summed E-state index contributed by atoms with van der Waals surface area (Å²) < 4.78 is 26.6. The molecule has 0 aliphatic rings. The second-order valence-corrected chi connectivity index (χ2v) is 13.6. The lowest BCUT2D eigenvalue weighted by molar-refractivity contribution is -0.132. The highest BCUT2D eigenvalue weighted by atomic mass is 32.2. The van der Waals surface area contributed by atoms with E-state index in [1.54, 1.807) is 6.92 Å². The van der Waals surface area contributed by atoms with Gasteiger partial charge in [-0.2, -0.15) is 0 Å². The zero-order chi connectivity index (χ0) is 31.8. The van der Waals surface area contributed by atoms with Crippen molar-refractivity contribution in [3.63, 3.8) is 0 Å². The number of primary amides is 2. The van der Waals surface area contributed by atoms with Crippen LogP contribution in [-0.4, -0.2) is 61.1 Å². The summed E-state index contributed by atoms with van der Waals surface area (Å²) in [5.41, 5.74) is 11.0. The second-order valence-electron chi connectivity index (χ2n) is 11.6. The van der Waals surface area contributed by atoms with Crippen molar-refractivity contribution in [1.82, 2.24) is 10.6 Å². The van der Waals surface area contributed by atoms with Gasteiger partial charge in [-0.05, 0) is 63.1 Å². The highest BCUT2D eigenvalue weighted by Crippen LogP contribution is 2.36. The topological polar surface area (TPSA) is 211 Å². The van der Waals surface area contributed by atoms with Crippen LogP contribution in [0.3, 0.4) is 0 Å². The van der Waals surface area contributed by atoms with Gasteiger partial charge < -0.3 is 27.2 Å². The van der Waals surface area contributed by atoms with Gasteiger partial charge in [0.1, 0.15) is 6.04 Å². The fourth-order valence-electron chi connectivity index (χ4n) is 4.58. The molecule has 232 valence electrons. The number of nitrogens with two attached hydrogens (primary N) is 2. The largest absolute Gasteiger partial charge is 0.392 e. The van der Waals surface area contributed by atoms with Gasteiger partial charge in [0.25, 0.3) is 0 Å². The first-order chi connectivity index (χ1) is 18.8. The van der Waals surface area contributed by atoms with Gasteiger partial charge >= 0.3 is 0 Å². The number of carbonyl (C=O) groups excluding carboxylic acids is 4. The SMILES string of the molecule is CCS(=O)(=O)Nc1cc(C(N)=O)c(C(CC(C)C)C(O)CC(C)C(=O)NC(C(=O)NC(C)C)C(C)C)c(C(N)=O)c1. The molecule has 41 heavy (non-hydrogen) atoms. The highest BCUT2D eigenvalue weighted by Gasteiger charge is 2.34. The third kappa shape index (κ3) is 10.6. The molecule has 0 heterocycles. The van der Waals surface area contributed by atoms with E-state index >= 15 is 0 Å². The molecule has 0 bridgehead atoms. The van der Waals surface area contributed by atoms with Gasteiger partial charge in [-0.3, -0.25) is 23.9 Å². The molecular weight excluding hydrogens is 550 g/mol. The Kier molecular flexibility index (Phi) is 13.2. The Morgan fingerprint density at radius 3 is 1.76 bits per heavy atom. The quantitative estimate of drug-likeness (QED) is 0.166. The molecule has 0 spiro atoms. The molecule has 1 aromatic carbocycles. The number of aliphatic hydroxyl groups is 1. The van der Waals surface area contributed by atoms with E-state index in [0.717, 1.165) is 0 Å². The first kappa shape index (κ1) is 35.8. The summed E-state index contributed by atoms with van der Waals surface area (Å²) in [6.07, 6.45) is -1.00. The number of nitrogens with one attached hydrogen (secondary N) is 3. The van der Waals surface area contributed by atoms with Gasteiger partial charge in [0.15, 0.2) is 0 Å². The summed E-state index contributed by atoms with van der Waals surface area (Å²) in [7, 11) is -3.76. The number of anilines is 1. The lowest BCUT2D eigenvalue weighted by atomic mass is 9.78. The molecule has 0 saturated heterocycles. The third-order valence-corrected chi connectivity index (χ3v) is 7.95. The zero-order valence-corrected chi connectivity index (χ0v) is 26.1. The third-order valence-electron chi connectivity index (χ3n) is 6.65. The summed E-state index contributed by atoms with van der Waals surface area (Å²) in [5.74, 6) is -4.71. The highest BCUT2D eigenvalue weighted by molar-refractivity contribution is 7.92. The van der Waals surface area contributed by atoms with Crippen molar-refractivity contribution in [3.8, 4) is 0 Å². The van der Waals surface area contributed by atoms with Crippen LogP contribution in [0.5, 0.6) is 0 Å². The van der Waals surface area contributed by atoms with E-state index in [-0.39, 0.29) is 58.3 Å². The van der Waals surface area contributed by atoms with Gasteiger partial charge in [-0.15, -0.1) is 0 Å². The minimum Gasteiger partial charge on any atom is -0.392 e. The van der Waals surface area contributed by atoms with Gasteiger partial charge in [0.05, 0.1) is 17.5 Å². The van der Waals surface area contributed by atoms with Crippen molar-refractivity contribution in [2.45, 2.75) is 92.3 Å². The van der Waals surface area contributed by atoms with Gasteiger partial charge in [0, 0.05) is 29.0 Å². The number of sulfonamides is 1. The molecule has 0 aliphatic carbocycles. The minimum absolute atomic E-state index is 0.0245. The Morgan fingerprint density at radius 1 is 0.854 bits per heavy atom. The number of rotatable bonds is 16. The number of aliphatic hydroxyl groups excluding tert-OH is 1. The van der Waals surface area contributed by atoms with Gasteiger partial charge in [-0.1, -0.05) is 34.6 Å². The molecule has 4 atom stereocenters. The first-order valence-electron chi connectivity index (χ1n) is 13.9. The summed E-state index contributed by atoms with van der Waals surface area (Å²) >= 11 is 0. The number of carbonyl (C=O) groups is 4. The molecular formula is C28H47N5O7S. The van der Waals surface area contributed by atoms with E-state index in [9.17, 15) is 32.7 Å². The van der Waals surface area contributed by atoms with Crippen LogP contribution in [0.2, 0.25) is 0 Å². The monoisotopic (exact) mass is 597 g/mol. The molecule has 4 amide bonds. The van der Waals surface area contributed by atoms with Crippen molar-refractivity contribution in [2.24, 2.45) is 29.2 Å². The Morgan fingerprint density at radius 2 is 1.37 bits per heavy atom. The molecule has 1 aromatic rings. The predicted molar refractivity (Wildman–Crippen MR) is 159 cm³/mol. The van der Waals surface area contributed by atoms with E-state index in [2.05, 4.69) is 15.4 Å². The van der Waals surface area contributed by atoms with Crippen LogP contribution in [-0.2, 0) is 19.6 Å². The van der Waals surface area contributed by atoms with E-state index < -0.39 is 51.7 Å². The average molecular weight is 598 g/mol. The normalized spacial score (nSPS) is 14.8. The molecule has 0 aromatic heterocycles. The molecule has 4 unspecified atom stereocenters. The molecule has 0 fully saturated rings. The molecule has 0 radical (unpaired) electrons. The maximum atomic E-state index is 13.1. The molecule has 1 rings (SSSR count). The molecule has 12 nitrogen and oxygen atoms in total. The van der Waals surface area contributed by atoms with Gasteiger partial charge in [0.2, 0.25) is 33.7 Å². The summed E-state index contributed by atoms with van der Waals surface area (Å²) in [6.45, 7) is 14.0. The van der Waals surface area contributed by atoms with E-state index in [1.807, 2.05) is 41.5 Å². The fourth-order valence-corrected chi connectivity index (χ4v) is 5.21. The van der Waals surface area contributed by atoms with Crippen LogP contribution in [0.1, 0.15) is 100 Å². The smallest absolute Gasteiger partial charge is 0.249 e. The van der Waals surface area contributed by atoms with Crippen molar-refractivity contribution < 1.29 is 32.7 Å². The Balaban J connectivity index is 3.50. The lowest BCUT2D eigenvalue weighted by Gasteiger charge is -2.30. The van der Waals surface area contributed by atoms with Crippen molar-refractivity contribution >= 4 is 39.3 Å². The second kappa shape index (κ2) is 15.2. The Bertz CT molecular complexity index is 1180. The van der Waals surface area contributed by atoms with Crippen LogP contribution < -0.4 is 26.8 Å². The van der Waals surface area contributed by atoms with Crippen molar-refractivity contribution in [1.29, 1.82) is 0 Å². The van der Waals surface area contributed by atoms with Crippen molar-refractivity contribution in [3.05, 3.63) is 28.8 Å². The van der Waals surface area contributed by atoms with E-state index in [1.165, 1.54) is 19.1 Å². The Labute approximate surface area is 243 Å². The molecule has 8 N–H and O–H groups in total. The molecule has 0 aliphatic heterocycles. The Hall–Kier alpha value is -3.19. The zero-order valence-electron chi connectivity index (χ0n) is 25.3. The number of amides is 4. The number of benzene rings is 1. The lowest BCUT2D eigenvalue weighted by Crippen LogP contribution is -2.52. The summed E-state index contributed by atoms with van der Waals surface area (Å²) in [6, 6.07) is 1.54. The summed E-state index contributed by atoms with van der Waals surface area (Å²) in [4.78, 5) is 50.8. The number of hydrogen-bond donors (Lipinski definition) is 6. The van der Waals surface area contributed by atoms with E-state index in [4.69, 9.17) is 11.5 Å². The maximum Gasteiger partial charge on any atom is 0.249 e. The van der Waals surface area contributed by atoms with Crippen molar-refractivity contribution in [2.75, 3.05) is 10.5 Å². The van der Waals surface area contributed by atoms with Crippen LogP contribution >= 0.6 is 0 Å². The first-order valence-corrected chi connectivity index (χ1v) is 15.5. The molecule has 13 heteroatoms. The standard InChI is InChI=1S/C28H47N5O7S/c1-9-41(39,40)33-18-12-20(25(29)35)23(21(13-18)26(30)36)19(10-14(2)3)22(34)11-17(8)27(37)32-24(15(4)5)28(38)31-16(6)7/h12-17,19,22,24,33-34H,9-11H2,1-8H3,(H2,29,35)(H2,30,36)(H,31,38)(H,32,37). The fraction of sp³-hybridized carbons (Fsp3) is 0.643. The molecule has 0 saturated carbocycles. The van der Waals surface area contributed by atoms with Crippen LogP contribution in [0, 0.1) is 17.8 Å². The number of hydrogen-bond acceptors (Lipinski definition) is 7. The van der Waals surface area contributed by atoms with E-state index in [0.29, 0.717) is 6.42 Å². The predicted octanol–water partition coefficient (Wildman–Crippen LogP) is 1.83. The maximum absolute atomic E-state index is 13.1.